The van der Waals surface area contributed by atoms with Gasteiger partial charge in [-0.2, -0.15) is 0 Å². The van der Waals surface area contributed by atoms with Crippen molar-refractivity contribution in [2.45, 2.75) is 12.8 Å². The number of rotatable bonds is 2. The molecule has 4 heteroatoms. The van der Waals surface area contributed by atoms with Crippen molar-refractivity contribution in [1.82, 2.24) is 0 Å². The fourth-order valence-electron chi connectivity index (χ4n) is 2.30. The number of aryl methyl sites for hydroxylation is 1. The van der Waals surface area contributed by atoms with Crippen LogP contribution in [-0.2, 0) is 11.2 Å². The second-order valence-corrected chi connectivity index (χ2v) is 5.74. The number of anilines is 1. The lowest BCUT2D eigenvalue weighted by Gasteiger charge is -2.22. The number of ether oxygens (including phenoxy) is 1. The van der Waals surface area contributed by atoms with Gasteiger partial charge in [-0.3, -0.25) is 4.79 Å². The van der Waals surface area contributed by atoms with Crippen LogP contribution in [0.25, 0.3) is 10.4 Å². The third-order valence-electron chi connectivity index (χ3n) is 3.46. The van der Waals surface area contributed by atoms with Crippen LogP contribution in [0.2, 0.25) is 0 Å². The van der Waals surface area contributed by atoms with Gasteiger partial charge in [0.1, 0.15) is 5.75 Å². The van der Waals surface area contributed by atoms with Gasteiger partial charge >= 0.3 is 0 Å². The summed E-state index contributed by atoms with van der Waals surface area (Å²) in [6.45, 7) is 0. The first kappa shape index (κ1) is 12.2. The van der Waals surface area contributed by atoms with Crippen molar-refractivity contribution in [3.8, 4) is 16.2 Å². The summed E-state index contributed by atoms with van der Waals surface area (Å²) >= 11 is 1.77. The van der Waals surface area contributed by atoms with E-state index in [0.29, 0.717) is 6.42 Å². The van der Waals surface area contributed by atoms with E-state index in [4.69, 9.17) is 4.74 Å². The monoisotopic (exact) mass is 273 g/mol. The summed E-state index contributed by atoms with van der Waals surface area (Å²) in [6.07, 6.45) is 1.48. The fraction of sp³-hybridized carbons (Fsp3) is 0.267. The normalized spacial score (nSPS) is 14.4. The van der Waals surface area contributed by atoms with Gasteiger partial charge in [0.2, 0.25) is 5.91 Å². The quantitative estimate of drug-likeness (QED) is 0.840. The van der Waals surface area contributed by atoms with E-state index in [1.165, 1.54) is 15.3 Å². The topological polar surface area (TPSA) is 29.5 Å². The molecule has 0 atom stereocenters. The molecule has 0 saturated heterocycles. The number of fused-ring (bicyclic) bond motifs is 1. The molecule has 2 heterocycles. The molecule has 2 aromatic rings. The Bertz CT molecular complexity index is 616. The number of carbonyl (C=O) groups is 1. The fourth-order valence-corrected chi connectivity index (χ4v) is 3.50. The lowest BCUT2D eigenvalue weighted by molar-refractivity contribution is -0.118. The lowest BCUT2D eigenvalue weighted by Crippen LogP contribution is -2.29. The predicted molar refractivity (Wildman–Crippen MR) is 78.0 cm³/mol. The molecule has 1 aliphatic rings. The molecule has 0 saturated carbocycles. The number of amides is 1. The SMILES string of the molecule is COc1ccc(-c2cc3c(s2)CCC(=O)N3C)cc1. The molecule has 19 heavy (non-hydrogen) atoms. The van der Waals surface area contributed by atoms with Crippen LogP contribution in [0.15, 0.2) is 30.3 Å². The summed E-state index contributed by atoms with van der Waals surface area (Å²) < 4.78 is 5.17. The smallest absolute Gasteiger partial charge is 0.227 e. The molecule has 3 rings (SSSR count). The van der Waals surface area contributed by atoms with Crippen LogP contribution in [0.1, 0.15) is 11.3 Å². The minimum absolute atomic E-state index is 0.201. The number of methoxy groups -OCH3 is 1. The third kappa shape index (κ3) is 2.12. The van der Waals surface area contributed by atoms with E-state index in [9.17, 15) is 4.79 Å². The van der Waals surface area contributed by atoms with E-state index in [-0.39, 0.29) is 5.91 Å². The highest BCUT2D eigenvalue weighted by molar-refractivity contribution is 7.16. The maximum atomic E-state index is 11.7. The number of hydrogen-bond acceptors (Lipinski definition) is 3. The van der Waals surface area contributed by atoms with Crippen molar-refractivity contribution < 1.29 is 9.53 Å². The molecule has 1 aliphatic heterocycles. The molecular weight excluding hydrogens is 258 g/mol. The predicted octanol–water partition coefficient (Wildman–Crippen LogP) is 3.33. The zero-order valence-electron chi connectivity index (χ0n) is 11.0. The Hall–Kier alpha value is -1.81. The van der Waals surface area contributed by atoms with Gasteiger partial charge in [-0.15, -0.1) is 11.3 Å². The van der Waals surface area contributed by atoms with E-state index in [1.807, 2.05) is 19.2 Å². The van der Waals surface area contributed by atoms with Crippen LogP contribution >= 0.6 is 11.3 Å². The molecule has 0 N–H and O–H groups in total. The van der Waals surface area contributed by atoms with Crippen molar-refractivity contribution in [2.24, 2.45) is 0 Å². The maximum absolute atomic E-state index is 11.7. The average Bonchev–Trinajstić information content (AvgIpc) is 2.88. The van der Waals surface area contributed by atoms with Gasteiger partial charge in [0.15, 0.2) is 0 Å². The zero-order chi connectivity index (χ0) is 13.4. The van der Waals surface area contributed by atoms with Crippen LogP contribution in [0.5, 0.6) is 5.75 Å². The molecule has 98 valence electrons. The number of nitrogens with zero attached hydrogens (tertiary/aromatic N) is 1. The standard InChI is InChI=1S/C15H15NO2S/c1-16-12-9-14(19-13(12)7-8-15(16)17)10-3-5-11(18-2)6-4-10/h3-6,9H,7-8H2,1-2H3. The molecule has 0 aliphatic carbocycles. The Balaban J connectivity index is 1.98. The summed E-state index contributed by atoms with van der Waals surface area (Å²) in [6, 6.07) is 10.1. The Labute approximate surface area is 116 Å². The molecule has 1 amide bonds. The molecule has 1 aromatic heterocycles. The molecule has 0 fully saturated rings. The second-order valence-electron chi connectivity index (χ2n) is 4.60. The minimum atomic E-state index is 0.201. The summed E-state index contributed by atoms with van der Waals surface area (Å²) in [5.41, 5.74) is 2.23. The van der Waals surface area contributed by atoms with Crippen LogP contribution in [0, 0.1) is 0 Å². The van der Waals surface area contributed by atoms with Gasteiger partial charge in [0.05, 0.1) is 12.8 Å². The summed E-state index contributed by atoms with van der Waals surface area (Å²) in [7, 11) is 3.52. The van der Waals surface area contributed by atoms with Gasteiger partial charge in [0.25, 0.3) is 0 Å². The summed E-state index contributed by atoms with van der Waals surface area (Å²) in [5.74, 6) is 1.06. The van der Waals surface area contributed by atoms with E-state index in [0.717, 1.165) is 17.9 Å². The van der Waals surface area contributed by atoms with Crippen LogP contribution in [0.4, 0.5) is 5.69 Å². The van der Waals surface area contributed by atoms with Crippen molar-refractivity contribution in [3.63, 3.8) is 0 Å². The molecule has 3 nitrogen and oxygen atoms in total. The largest absolute Gasteiger partial charge is 0.497 e. The molecule has 0 radical (unpaired) electrons. The van der Waals surface area contributed by atoms with Gasteiger partial charge in [0, 0.05) is 23.2 Å². The highest BCUT2D eigenvalue weighted by Crippen LogP contribution is 2.39. The molecular formula is C15H15NO2S. The van der Waals surface area contributed by atoms with Gasteiger partial charge in [-0.25, -0.2) is 0 Å². The number of carbonyl (C=O) groups excluding carboxylic acids is 1. The second kappa shape index (κ2) is 4.70. The van der Waals surface area contributed by atoms with Crippen molar-refractivity contribution >= 4 is 22.9 Å². The zero-order valence-corrected chi connectivity index (χ0v) is 11.8. The molecule has 0 spiro atoms. The first-order valence-electron chi connectivity index (χ1n) is 6.22. The van der Waals surface area contributed by atoms with Crippen molar-refractivity contribution in [3.05, 3.63) is 35.2 Å². The number of benzene rings is 1. The molecule has 1 aromatic carbocycles. The number of thiophene rings is 1. The van der Waals surface area contributed by atoms with Gasteiger partial charge in [-0.05, 0) is 42.3 Å². The lowest BCUT2D eigenvalue weighted by atomic mass is 10.1. The van der Waals surface area contributed by atoms with Crippen LogP contribution in [0.3, 0.4) is 0 Å². The first-order valence-corrected chi connectivity index (χ1v) is 7.04. The van der Waals surface area contributed by atoms with E-state index >= 15 is 0 Å². The Kier molecular flexibility index (Phi) is 3.03. The van der Waals surface area contributed by atoms with Crippen molar-refractivity contribution in [1.29, 1.82) is 0 Å². The highest BCUT2D eigenvalue weighted by Gasteiger charge is 2.23. The van der Waals surface area contributed by atoms with E-state index in [2.05, 4.69) is 18.2 Å². The van der Waals surface area contributed by atoms with Crippen LogP contribution in [-0.4, -0.2) is 20.1 Å². The Morgan fingerprint density at radius 2 is 1.95 bits per heavy atom. The van der Waals surface area contributed by atoms with Gasteiger partial charge < -0.3 is 9.64 Å². The summed E-state index contributed by atoms with van der Waals surface area (Å²) in [5, 5.41) is 0. The first-order chi connectivity index (χ1) is 9.19. The Morgan fingerprint density at radius 3 is 2.63 bits per heavy atom. The molecule has 0 unspecified atom stereocenters. The van der Waals surface area contributed by atoms with Gasteiger partial charge in [-0.1, -0.05) is 0 Å². The summed E-state index contributed by atoms with van der Waals surface area (Å²) in [4.78, 5) is 16.0. The minimum Gasteiger partial charge on any atom is -0.497 e. The highest BCUT2D eigenvalue weighted by atomic mass is 32.1. The van der Waals surface area contributed by atoms with Crippen molar-refractivity contribution in [2.75, 3.05) is 19.1 Å². The average molecular weight is 273 g/mol. The maximum Gasteiger partial charge on any atom is 0.227 e. The van der Waals surface area contributed by atoms with Crippen LogP contribution < -0.4 is 9.64 Å². The van der Waals surface area contributed by atoms with E-state index in [1.54, 1.807) is 23.3 Å². The van der Waals surface area contributed by atoms with E-state index < -0.39 is 0 Å². The third-order valence-corrected chi connectivity index (χ3v) is 4.70. The molecule has 0 bridgehead atoms. The number of hydrogen-bond donors (Lipinski definition) is 0. The Morgan fingerprint density at radius 1 is 1.21 bits per heavy atom.